The maximum atomic E-state index is 4.76. The van der Waals surface area contributed by atoms with Crippen molar-refractivity contribution in [1.29, 1.82) is 0 Å². The second kappa shape index (κ2) is 14.7. The molecule has 0 spiro atoms. The summed E-state index contributed by atoms with van der Waals surface area (Å²) in [7, 11) is -0.409. The number of hydrogen-bond acceptors (Lipinski definition) is 0. The van der Waals surface area contributed by atoms with Gasteiger partial charge in [-0.05, 0) is 10.6 Å². The molecule has 0 amide bonds. The van der Waals surface area contributed by atoms with Crippen LogP contribution in [0.2, 0.25) is 0 Å². The van der Waals surface area contributed by atoms with Crippen LogP contribution in [0.4, 0.5) is 0 Å². The van der Waals surface area contributed by atoms with Crippen LogP contribution >= 0.6 is 31.1 Å². The van der Waals surface area contributed by atoms with Crippen molar-refractivity contribution in [2.24, 2.45) is 0 Å². The summed E-state index contributed by atoms with van der Waals surface area (Å²) in [6.07, 6.45) is 0. The second-order valence-corrected chi connectivity index (χ2v) is 8.24. The molecule has 0 saturated carbocycles. The van der Waals surface area contributed by atoms with Crippen LogP contribution in [-0.2, 0) is 17.1 Å². The first-order valence-corrected chi connectivity index (χ1v) is 10.7. The normalized spacial score (nSPS) is 9.30. The van der Waals surface area contributed by atoms with E-state index in [2.05, 4.69) is 84.9 Å². The summed E-state index contributed by atoms with van der Waals surface area (Å²) in [6.45, 7) is 0. The number of halogens is 2. The molecule has 0 atom stereocenters. The van der Waals surface area contributed by atoms with Crippen molar-refractivity contribution < 1.29 is 17.1 Å². The van der Waals surface area contributed by atoms with E-state index in [1.54, 1.807) is 0 Å². The third kappa shape index (κ3) is 8.48. The maximum Gasteiger partial charge on any atom is 0.0967 e. The van der Waals surface area contributed by atoms with Gasteiger partial charge in [0.15, 0.2) is 0 Å². The summed E-state index contributed by atoms with van der Waals surface area (Å²) in [5.41, 5.74) is 0. The largest absolute Gasteiger partial charge is 0.748 e. The zero-order valence-corrected chi connectivity index (χ0v) is 18.2. The average Bonchev–Trinajstić information content (AvgIpc) is 3.42. The van der Waals surface area contributed by atoms with Gasteiger partial charge >= 0.3 is 0 Å². The Morgan fingerprint density at radius 2 is 0.963 bits per heavy atom. The van der Waals surface area contributed by atoms with Crippen molar-refractivity contribution in [3.63, 3.8) is 0 Å². The fourth-order valence-electron chi connectivity index (χ4n) is 2.44. The first-order chi connectivity index (χ1) is 12.9. The van der Waals surface area contributed by atoms with Crippen LogP contribution in [0, 0.1) is 0 Å². The van der Waals surface area contributed by atoms with Gasteiger partial charge in [-0.2, -0.15) is 12.1 Å². The molecule has 0 fully saturated rings. The van der Waals surface area contributed by atoms with E-state index in [-0.39, 0.29) is 22.4 Å². The number of hydrogen-bond donors (Lipinski definition) is 0. The molecule has 4 rings (SSSR count). The molecule has 0 saturated heterocycles. The minimum atomic E-state index is -0.409. The van der Waals surface area contributed by atoms with Crippen LogP contribution in [0.15, 0.2) is 115 Å². The molecule has 4 aromatic carbocycles. The molecule has 0 radical (unpaired) electrons. The SMILES string of the molecule is ClCCl.[Fe].[cH-]1[cH-][cH-][cH-][cH-]1.c1ccc(P(c2ccccc2)[c-]2cccc2)cc1. The van der Waals surface area contributed by atoms with E-state index in [4.69, 9.17) is 23.2 Å². The molecule has 0 aliphatic rings. The van der Waals surface area contributed by atoms with Gasteiger partial charge in [0.25, 0.3) is 0 Å². The molecule has 27 heavy (non-hydrogen) atoms. The Bertz CT molecular complexity index is 728. The minimum absolute atomic E-state index is 0. The third-order valence-electron chi connectivity index (χ3n) is 3.49. The Morgan fingerprint density at radius 3 is 1.30 bits per heavy atom. The van der Waals surface area contributed by atoms with Crippen molar-refractivity contribution in [1.82, 2.24) is 0 Å². The molecule has 0 heterocycles. The smallest absolute Gasteiger partial charge is 0.0967 e. The first-order valence-electron chi connectivity index (χ1n) is 8.27. The zero-order chi connectivity index (χ0) is 18.5. The minimum Gasteiger partial charge on any atom is -0.748 e. The molecule has 4 aromatic rings. The summed E-state index contributed by atoms with van der Waals surface area (Å²) in [4.78, 5) is 0. The fourth-order valence-corrected chi connectivity index (χ4v) is 4.74. The van der Waals surface area contributed by atoms with Gasteiger partial charge in [-0.15, -0.1) is 28.5 Å². The molecule has 0 aliphatic heterocycles. The Morgan fingerprint density at radius 1 is 0.630 bits per heavy atom. The number of alkyl halides is 2. The van der Waals surface area contributed by atoms with Gasteiger partial charge < -0.3 is 30.3 Å². The molecule has 0 N–H and O–H groups in total. The van der Waals surface area contributed by atoms with Crippen molar-refractivity contribution in [2.75, 3.05) is 5.34 Å². The zero-order valence-electron chi connectivity index (χ0n) is 14.7. The monoisotopic (exact) mass is 454 g/mol. The van der Waals surface area contributed by atoms with Crippen LogP contribution < -0.4 is 15.9 Å². The standard InChI is InChI=1S/C17H14P.C5H5.CH2Cl2.Fe/c1-3-9-15(10-4-1)18(17-13-7-8-14-17)16-11-5-2-6-12-16;1-2-4-5-3-1;2-1-3;/h1-14H;1-5H;1H2;/q-1;-5;;. The van der Waals surface area contributed by atoms with E-state index in [1.165, 1.54) is 15.9 Å². The van der Waals surface area contributed by atoms with Crippen LogP contribution in [-0.4, -0.2) is 5.34 Å². The molecule has 0 nitrogen and oxygen atoms in total. The van der Waals surface area contributed by atoms with Crippen LogP contribution in [0.5, 0.6) is 0 Å². The molecule has 146 valence electrons. The predicted octanol–water partition coefficient (Wildman–Crippen LogP) is 5.99. The van der Waals surface area contributed by atoms with Crippen molar-refractivity contribution in [2.45, 2.75) is 0 Å². The van der Waals surface area contributed by atoms with Gasteiger partial charge in [0.05, 0.1) is 5.34 Å². The van der Waals surface area contributed by atoms with E-state index >= 15 is 0 Å². The second-order valence-electron chi connectivity index (χ2n) is 5.21. The van der Waals surface area contributed by atoms with Crippen molar-refractivity contribution >= 4 is 47.0 Å². The van der Waals surface area contributed by atoms with Gasteiger partial charge in [-0.25, -0.2) is 12.1 Å². The summed E-state index contributed by atoms with van der Waals surface area (Å²) >= 11 is 9.53. The summed E-state index contributed by atoms with van der Waals surface area (Å²) in [5.74, 6) is 0. The fraction of sp³-hybridized carbons (Fsp3) is 0.0435. The van der Waals surface area contributed by atoms with Gasteiger partial charge in [0, 0.05) is 17.1 Å². The van der Waals surface area contributed by atoms with Crippen LogP contribution in [0.25, 0.3) is 0 Å². The quantitative estimate of drug-likeness (QED) is 0.154. The topological polar surface area (TPSA) is 0 Å². The molecule has 0 unspecified atom stereocenters. The average molecular weight is 455 g/mol. The molecule has 0 aliphatic carbocycles. The van der Waals surface area contributed by atoms with E-state index in [9.17, 15) is 0 Å². The van der Waals surface area contributed by atoms with Gasteiger partial charge in [-0.3, -0.25) is 0 Å². The van der Waals surface area contributed by atoms with Crippen LogP contribution in [0.1, 0.15) is 0 Å². The van der Waals surface area contributed by atoms with Crippen LogP contribution in [0.3, 0.4) is 0 Å². The maximum absolute atomic E-state index is 4.76. The Hall–Kier alpha value is -1.33. The summed E-state index contributed by atoms with van der Waals surface area (Å²) in [5, 5.41) is 4.43. The number of benzene rings is 2. The number of rotatable bonds is 3. The van der Waals surface area contributed by atoms with Gasteiger partial charge in [0.2, 0.25) is 0 Å². The molecule has 4 heteroatoms. The Kier molecular flexibility index (Phi) is 12.9. The molecular formula is C23H21Cl2FeP-6. The van der Waals surface area contributed by atoms with E-state index in [1.807, 2.05) is 30.3 Å². The van der Waals surface area contributed by atoms with Gasteiger partial charge in [0.1, 0.15) is 0 Å². The predicted molar refractivity (Wildman–Crippen MR) is 119 cm³/mol. The van der Waals surface area contributed by atoms with Crippen molar-refractivity contribution in [3.8, 4) is 0 Å². The molecular weight excluding hydrogens is 434 g/mol. The Balaban J connectivity index is 0.000000342. The Labute approximate surface area is 184 Å². The molecule has 0 bridgehead atoms. The van der Waals surface area contributed by atoms with E-state index < -0.39 is 7.92 Å². The van der Waals surface area contributed by atoms with E-state index in [0.29, 0.717) is 0 Å². The molecule has 0 aromatic heterocycles. The third-order valence-corrected chi connectivity index (χ3v) is 5.93. The van der Waals surface area contributed by atoms with E-state index in [0.717, 1.165) is 0 Å². The first kappa shape index (κ1) is 23.7. The van der Waals surface area contributed by atoms with Gasteiger partial charge in [-0.1, -0.05) is 68.6 Å². The van der Waals surface area contributed by atoms with Crippen molar-refractivity contribution in [3.05, 3.63) is 115 Å². The summed E-state index contributed by atoms with van der Waals surface area (Å²) in [6, 6.07) is 40.2. The summed E-state index contributed by atoms with van der Waals surface area (Å²) < 4.78 is 0.